The van der Waals surface area contributed by atoms with Crippen molar-refractivity contribution in [3.8, 4) is 0 Å². The summed E-state index contributed by atoms with van der Waals surface area (Å²) >= 11 is 6.02. The predicted molar refractivity (Wildman–Crippen MR) is 92.8 cm³/mol. The van der Waals surface area contributed by atoms with Gasteiger partial charge >= 0.3 is 5.97 Å². The van der Waals surface area contributed by atoms with Gasteiger partial charge in [-0.15, -0.1) is 0 Å². The van der Waals surface area contributed by atoms with Crippen LogP contribution in [0, 0.1) is 5.92 Å². The molecule has 134 valence electrons. The minimum absolute atomic E-state index is 0.00278. The van der Waals surface area contributed by atoms with Crippen molar-refractivity contribution in [1.29, 1.82) is 0 Å². The summed E-state index contributed by atoms with van der Waals surface area (Å²) in [5, 5.41) is -0.00278. The van der Waals surface area contributed by atoms with Crippen LogP contribution < -0.4 is 4.72 Å². The average molecular weight is 375 g/mol. The van der Waals surface area contributed by atoms with Gasteiger partial charge < -0.3 is 9.64 Å². The summed E-state index contributed by atoms with van der Waals surface area (Å²) in [4.78, 5) is 13.7. The first kappa shape index (κ1) is 19.2. The third kappa shape index (κ3) is 4.92. The van der Waals surface area contributed by atoms with Crippen LogP contribution in [0.15, 0.2) is 23.1 Å². The molecule has 0 spiro atoms. The monoisotopic (exact) mass is 374 g/mol. The van der Waals surface area contributed by atoms with Crippen LogP contribution in [-0.2, 0) is 14.8 Å². The van der Waals surface area contributed by atoms with Crippen molar-refractivity contribution in [3.05, 3.63) is 28.8 Å². The Hall–Kier alpha value is -1.15. The fourth-order valence-corrected chi connectivity index (χ4v) is 4.43. The highest BCUT2D eigenvalue weighted by atomic mass is 35.5. The quantitative estimate of drug-likeness (QED) is 0.772. The predicted octanol–water partition coefficient (Wildman–Crippen LogP) is 2.14. The van der Waals surface area contributed by atoms with Crippen LogP contribution in [0.4, 0.5) is 0 Å². The van der Waals surface area contributed by atoms with Gasteiger partial charge in [0.2, 0.25) is 10.0 Å². The molecule has 1 heterocycles. The molecule has 8 heteroatoms. The normalized spacial score (nSPS) is 19.2. The number of benzene rings is 1. The smallest absolute Gasteiger partial charge is 0.337 e. The van der Waals surface area contributed by atoms with E-state index in [1.54, 1.807) is 0 Å². The first-order chi connectivity index (χ1) is 11.3. The second-order valence-electron chi connectivity index (χ2n) is 6.08. The summed E-state index contributed by atoms with van der Waals surface area (Å²) in [6.45, 7) is 5.20. The second-order valence-corrected chi connectivity index (χ2v) is 8.23. The van der Waals surface area contributed by atoms with E-state index in [0.29, 0.717) is 19.0 Å². The lowest BCUT2D eigenvalue weighted by Gasteiger charge is -2.30. The van der Waals surface area contributed by atoms with E-state index < -0.39 is 16.0 Å². The van der Waals surface area contributed by atoms with Gasteiger partial charge in [-0.2, -0.15) is 0 Å². The highest BCUT2D eigenvalue weighted by molar-refractivity contribution is 7.89. The first-order valence-corrected chi connectivity index (χ1v) is 9.79. The number of piperidine rings is 1. The summed E-state index contributed by atoms with van der Waals surface area (Å²) in [5.41, 5.74) is 0.212. The van der Waals surface area contributed by atoms with Gasteiger partial charge in [0.1, 0.15) is 4.90 Å². The van der Waals surface area contributed by atoms with E-state index in [2.05, 4.69) is 21.3 Å². The molecule has 1 aliphatic rings. The Morgan fingerprint density at radius 3 is 2.83 bits per heavy atom. The summed E-state index contributed by atoms with van der Waals surface area (Å²) < 4.78 is 31.9. The standard InChI is InChI=1S/C16H23ClN2O4S/c1-12-4-3-8-19(11-12)9-7-18-24(21,22)15-6-5-13(10-14(15)17)16(20)23-2/h5-6,10,12,18H,3-4,7-9,11H2,1-2H3. The number of hydrogen-bond acceptors (Lipinski definition) is 5. The van der Waals surface area contributed by atoms with Crippen molar-refractivity contribution in [2.24, 2.45) is 5.92 Å². The third-order valence-corrected chi connectivity index (χ3v) is 6.05. The third-order valence-electron chi connectivity index (χ3n) is 4.10. The molecule has 24 heavy (non-hydrogen) atoms. The van der Waals surface area contributed by atoms with E-state index in [1.807, 2.05) is 0 Å². The number of halogens is 1. The van der Waals surface area contributed by atoms with Crippen molar-refractivity contribution < 1.29 is 17.9 Å². The molecule has 1 aromatic carbocycles. The molecular formula is C16H23ClN2O4S. The topological polar surface area (TPSA) is 75.7 Å². The van der Waals surface area contributed by atoms with Crippen LogP contribution in [0.25, 0.3) is 0 Å². The van der Waals surface area contributed by atoms with Crippen molar-refractivity contribution in [1.82, 2.24) is 9.62 Å². The fourth-order valence-electron chi connectivity index (χ4n) is 2.87. The van der Waals surface area contributed by atoms with E-state index in [4.69, 9.17) is 11.6 Å². The zero-order valence-corrected chi connectivity index (χ0v) is 15.5. The van der Waals surface area contributed by atoms with Gasteiger partial charge in [0, 0.05) is 19.6 Å². The highest BCUT2D eigenvalue weighted by Gasteiger charge is 2.21. The molecule has 1 N–H and O–H groups in total. The number of ether oxygens (including phenoxy) is 1. The number of carbonyl (C=O) groups is 1. The number of rotatable bonds is 6. The number of nitrogens with one attached hydrogen (secondary N) is 1. The Labute approximate surface area is 148 Å². The number of likely N-dealkylation sites (tertiary alicyclic amines) is 1. The molecule has 0 aromatic heterocycles. The molecule has 2 rings (SSSR count). The Kier molecular flexibility index (Phi) is 6.62. The highest BCUT2D eigenvalue weighted by Crippen LogP contribution is 2.23. The molecule has 0 amide bonds. The van der Waals surface area contributed by atoms with E-state index in [9.17, 15) is 13.2 Å². The molecule has 0 bridgehead atoms. The van der Waals surface area contributed by atoms with Crippen LogP contribution in [0.3, 0.4) is 0 Å². The van der Waals surface area contributed by atoms with Crippen molar-refractivity contribution in [2.75, 3.05) is 33.3 Å². The number of carbonyl (C=O) groups excluding carboxylic acids is 1. The number of nitrogens with zero attached hydrogens (tertiary/aromatic N) is 1. The van der Waals surface area contributed by atoms with Gasteiger partial charge in [-0.25, -0.2) is 17.9 Å². The molecule has 1 unspecified atom stereocenters. The minimum Gasteiger partial charge on any atom is -0.465 e. The maximum absolute atomic E-state index is 12.4. The van der Waals surface area contributed by atoms with Crippen molar-refractivity contribution in [2.45, 2.75) is 24.7 Å². The molecule has 0 aliphatic carbocycles. The Morgan fingerprint density at radius 2 is 2.21 bits per heavy atom. The average Bonchev–Trinajstić information content (AvgIpc) is 2.53. The number of hydrogen-bond donors (Lipinski definition) is 1. The van der Waals surface area contributed by atoms with Gasteiger partial charge in [-0.1, -0.05) is 18.5 Å². The van der Waals surface area contributed by atoms with E-state index in [-0.39, 0.29) is 15.5 Å². The molecule has 1 atom stereocenters. The minimum atomic E-state index is -3.72. The lowest BCUT2D eigenvalue weighted by molar-refractivity contribution is 0.0600. The van der Waals surface area contributed by atoms with Crippen LogP contribution in [0.1, 0.15) is 30.1 Å². The largest absolute Gasteiger partial charge is 0.465 e. The van der Waals surface area contributed by atoms with E-state index >= 15 is 0 Å². The van der Waals surface area contributed by atoms with Gasteiger partial charge in [0.05, 0.1) is 17.7 Å². The first-order valence-electron chi connectivity index (χ1n) is 7.93. The zero-order valence-electron chi connectivity index (χ0n) is 13.9. The number of methoxy groups -OCH3 is 1. The van der Waals surface area contributed by atoms with Crippen molar-refractivity contribution >= 4 is 27.6 Å². The lowest BCUT2D eigenvalue weighted by Crippen LogP contribution is -2.40. The Bertz CT molecular complexity index is 693. The Morgan fingerprint density at radius 1 is 1.46 bits per heavy atom. The molecule has 1 aromatic rings. The van der Waals surface area contributed by atoms with Gasteiger partial charge in [-0.05, 0) is 43.5 Å². The van der Waals surface area contributed by atoms with Crippen LogP contribution in [-0.4, -0.2) is 52.6 Å². The molecule has 0 saturated carbocycles. The number of sulfonamides is 1. The zero-order chi connectivity index (χ0) is 17.7. The molecule has 6 nitrogen and oxygen atoms in total. The maximum atomic E-state index is 12.4. The lowest BCUT2D eigenvalue weighted by atomic mass is 10.0. The molecule has 0 radical (unpaired) electrons. The van der Waals surface area contributed by atoms with Crippen LogP contribution in [0.2, 0.25) is 5.02 Å². The van der Waals surface area contributed by atoms with Gasteiger partial charge in [0.25, 0.3) is 0 Å². The van der Waals surface area contributed by atoms with Crippen LogP contribution >= 0.6 is 11.6 Å². The maximum Gasteiger partial charge on any atom is 0.337 e. The second kappa shape index (κ2) is 8.29. The van der Waals surface area contributed by atoms with Gasteiger partial charge in [0.15, 0.2) is 0 Å². The molecule has 1 aliphatic heterocycles. The van der Waals surface area contributed by atoms with E-state index in [0.717, 1.165) is 19.5 Å². The number of esters is 1. The summed E-state index contributed by atoms with van der Waals surface area (Å²) in [6.07, 6.45) is 2.37. The summed E-state index contributed by atoms with van der Waals surface area (Å²) in [5.74, 6) is 0.0868. The van der Waals surface area contributed by atoms with Gasteiger partial charge in [-0.3, -0.25) is 0 Å². The van der Waals surface area contributed by atoms with Crippen LogP contribution in [0.5, 0.6) is 0 Å². The van der Waals surface area contributed by atoms with Crippen molar-refractivity contribution in [3.63, 3.8) is 0 Å². The van der Waals surface area contributed by atoms with E-state index in [1.165, 1.54) is 31.7 Å². The summed E-state index contributed by atoms with van der Waals surface area (Å²) in [6, 6.07) is 4.01. The molecular weight excluding hydrogens is 352 g/mol. The molecule has 1 fully saturated rings. The SMILES string of the molecule is COC(=O)c1ccc(S(=O)(=O)NCCN2CCCC(C)C2)c(Cl)c1. The summed E-state index contributed by atoms with van der Waals surface area (Å²) in [7, 11) is -2.46. The fraction of sp³-hybridized carbons (Fsp3) is 0.562. The Balaban J connectivity index is 1.98. The molecule has 1 saturated heterocycles.